The van der Waals surface area contributed by atoms with Crippen LogP contribution in [-0.2, 0) is 17.9 Å². The molecule has 0 radical (unpaired) electrons. The number of aryl methyl sites for hydroxylation is 1. The van der Waals surface area contributed by atoms with Gasteiger partial charge in [0, 0.05) is 17.8 Å². The molecule has 1 N–H and O–H groups in total. The summed E-state index contributed by atoms with van der Waals surface area (Å²) in [7, 11) is 0. The van der Waals surface area contributed by atoms with Gasteiger partial charge in [-0.1, -0.05) is 44.2 Å². The highest BCUT2D eigenvalue weighted by molar-refractivity contribution is 5.82. The third-order valence-corrected chi connectivity index (χ3v) is 5.07. The minimum absolute atomic E-state index is 0.0778. The van der Waals surface area contributed by atoms with Crippen LogP contribution in [0.25, 0.3) is 10.9 Å². The molecule has 2 aromatic carbocycles. The second kappa shape index (κ2) is 9.61. The Kier molecular flexibility index (Phi) is 6.93. The van der Waals surface area contributed by atoms with Gasteiger partial charge in [0.05, 0.1) is 17.6 Å². The summed E-state index contributed by atoms with van der Waals surface area (Å²) in [6.45, 7) is 9.70. The Hall–Kier alpha value is -3.08. The van der Waals surface area contributed by atoms with E-state index in [-0.39, 0.29) is 12.3 Å². The number of aromatic nitrogens is 2. The molecular formula is C25H30N2O3. The van der Waals surface area contributed by atoms with Crippen LogP contribution in [0.3, 0.4) is 0 Å². The minimum atomic E-state index is -0.805. The molecule has 1 aromatic heterocycles. The first-order valence-corrected chi connectivity index (χ1v) is 10.4. The lowest BCUT2D eigenvalue weighted by Crippen LogP contribution is -2.06. The number of carboxylic acid groups (broad SMARTS) is 1. The van der Waals surface area contributed by atoms with Crippen molar-refractivity contribution in [3.8, 4) is 5.75 Å². The van der Waals surface area contributed by atoms with E-state index >= 15 is 0 Å². The fraction of sp³-hybridized carbons (Fsp3) is 0.360. The molecule has 0 bridgehead atoms. The van der Waals surface area contributed by atoms with E-state index in [1.54, 1.807) is 0 Å². The first-order chi connectivity index (χ1) is 14.4. The molecule has 0 unspecified atom stereocenters. The molecular weight excluding hydrogens is 376 g/mol. The molecule has 3 rings (SSSR count). The van der Waals surface area contributed by atoms with Gasteiger partial charge in [0.25, 0.3) is 0 Å². The van der Waals surface area contributed by atoms with Crippen LogP contribution >= 0.6 is 0 Å². The quantitative estimate of drug-likeness (QED) is 0.462. The molecule has 0 aliphatic heterocycles. The van der Waals surface area contributed by atoms with Crippen molar-refractivity contribution in [2.75, 3.05) is 0 Å². The van der Waals surface area contributed by atoms with Gasteiger partial charge in [0.15, 0.2) is 0 Å². The number of fused-ring (bicyclic) bond motifs is 1. The number of rotatable bonds is 9. The Morgan fingerprint density at radius 2 is 1.93 bits per heavy atom. The lowest BCUT2D eigenvalue weighted by Gasteiger charge is -2.12. The van der Waals surface area contributed by atoms with Gasteiger partial charge < -0.3 is 9.84 Å². The molecule has 1 heterocycles. The molecule has 1 atom stereocenters. The number of nitrogens with zero attached hydrogens (tertiary/aromatic N) is 2. The Morgan fingerprint density at radius 1 is 1.20 bits per heavy atom. The monoisotopic (exact) mass is 406 g/mol. The van der Waals surface area contributed by atoms with Gasteiger partial charge in [0.1, 0.15) is 12.4 Å². The highest BCUT2D eigenvalue weighted by Crippen LogP contribution is 2.25. The van der Waals surface area contributed by atoms with E-state index in [0.29, 0.717) is 12.5 Å². The second-order valence-corrected chi connectivity index (χ2v) is 8.10. The molecule has 0 saturated heterocycles. The summed E-state index contributed by atoms with van der Waals surface area (Å²) in [5, 5.41) is 15.0. The predicted octanol–water partition coefficient (Wildman–Crippen LogP) is 5.71. The van der Waals surface area contributed by atoms with Crippen LogP contribution in [0, 0.1) is 12.8 Å². The number of allylic oxidation sites excluding steroid dienone is 2. The summed E-state index contributed by atoms with van der Waals surface area (Å²) in [6.07, 6.45) is 3.88. The summed E-state index contributed by atoms with van der Waals surface area (Å²) in [4.78, 5) is 11.1. The lowest BCUT2D eigenvalue weighted by atomic mass is 9.95. The Labute approximate surface area is 178 Å². The standard InChI is InChI=1S/C25H30N2O3/c1-5-6-21(14-25(28)29)20-8-10-22(11-9-20)30-16-19-7-12-24-23(13-19)18(4)26-27(24)15-17(2)3/h5-13,17,21H,14-16H2,1-4H3,(H,28,29)/t21-/m1/s1. The van der Waals surface area contributed by atoms with Gasteiger partial charge in [0.2, 0.25) is 0 Å². The van der Waals surface area contributed by atoms with Gasteiger partial charge in [-0.2, -0.15) is 5.10 Å². The Balaban J connectivity index is 1.70. The van der Waals surface area contributed by atoms with Crippen molar-refractivity contribution >= 4 is 16.9 Å². The summed E-state index contributed by atoms with van der Waals surface area (Å²) < 4.78 is 8.05. The molecule has 5 heteroatoms. The Morgan fingerprint density at radius 3 is 2.57 bits per heavy atom. The van der Waals surface area contributed by atoms with Crippen LogP contribution in [0.15, 0.2) is 54.6 Å². The largest absolute Gasteiger partial charge is 0.489 e. The molecule has 0 fully saturated rings. The summed E-state index contributed by atoms with van der Waals surface area (Å²) in [6, 6.07) is 14.0. The summed E-state index contributed by atoms with van der Waals surface area (Å²) in [5.41, 5.74) is 4.25. The first-order valence-electron chi connectivity index (χ1n) is 10.4. The molecule has 0 aliphatic carbocycles. The van der Waals surface area contributed by atoms with Crippen molar-refractivity contribution in [2.45, 2.75) is 53.2 Å². The minimum Gasteiger partial charge on any atom is -0.489 e. The van der Waals surface area contributed by atoms with Crippen LogP contribution < -0.4 is 4.74 Å². The lowest BCUT2D eigenvalue weighted by molar-refractivity contribution is -0.137. The molecule has 0 saturated carbocycles. The summed E-state index contributed by atoms with van der Waals surface area (Å²) in [5.74, 6) is 0.372. The number of hydrogen-bond donors (Lipinski definition) is 1. The van der Waals surface area contributed by atoms with E-state index in [2.05, 4.69) is 41.8 Å². The zero-order valence-electron chi connectivity index (χ0n) is 18.1. The molecule has 0 aliphatic rings. The van der Waals surface area contributed by atoms with Crippen molar-refractivity contribution in [2.24, 2.45) is 5.92 Å². The predicted molar refractivity (Wildman–Crippen MR) is 120 cm³/mol. The van der Waals surface area contributed by atoms with Crippen LogP contribution in [0.1, 0.15) is 49.9 Å². The highest BCUT2D eigenvalue weighted by Gasteiger charge is 2.13. The van der Waals surface area contributed by atoms with Crippen molar-refractivity contribution in [3.63, 3.8) is 0 Å². The van der Waals surface area contributed by atoms with E-state index < -0.39 is 5.97 Å². The number of benzene rings is 2. The van der Waals surface area contributed by atoms with Crippen LogP contribution in [0.4, 0.5) is 0 Å². The zero-order valence-corrected chi connectivity index (χ0v) is 18.1. The van der Waals surface area contributed by atoms with Crippen LogP contribution in [0.2, 0.25) is 0 Å². The van der Waals surface area contributed by atoms with Gasteiger partial charge in [-0.15, -0.1) is 0 Å². The molecule has 30 heavy (non-hydrogen) atoms. The second-order valence-electron chi connectivity index (χ2n) is 8.10. The van der Waals surface area contributed by atoms with Gasteiger partial charge in [-0.25, -0.2) is 0 Å². The van der Waals surface area contributed by atoms with Crippen LogP contribution in [-0.4, -0.2) is 20.9 Å². The molecule has 0 amide bonds. The fourth-order valence-electron chi connectivity index (χ4n) is 3.66. The highest BCUT2D eigenvalue weighted by atomic mass is 16.5. The van der Waals surface area contributed by atoms with E-state index in [0.717, 1.165) is 40.0 Å². The SMILES string of the molecule is CC=C[C@H](CC(=O)O)c1ccc(OCc2ccc3c(c2)c(C)nn3CC(C)C)cc1. The normalized spacial score (nSPS) is 12.7. The topological polar surface area (TPSA) is 64.3 Å². The fourth-order valence-corrected chi connectivity index (χ4v) is 3.66. The molecule has 158 valence electrons. The van der Waals surface area contributed by atoms with Gasteiger partial charge in [-0.3, -0.25) is 9.48 Å². The van der Waals surface area contributed by atoms with Crippen molar-refractivity contribution in [3.05, 3.63) is 71.4 Å². The Bertz CT molecular complexity index is 1030. The maximum Gasteiger partial charge on any atom is 0.304 e. The van der Waals surface area contributed by atoms with E-state index in [4.69, 9.17) is 9.84 Å². The van der Waals surface area contributed by atoms with E-state index in [1.165, 1.54) is 0 Å². The average Bonchev–Trinajstić information content (AvgIpc) is 3.00. The third-order valence-electron chi connectivity index (χ3n) is 5.07. The van der Waals surface area contributed by atoms with Crippen molar-refractivity contribution in [1.82, 2.24) is 9.78 Å². The van der Waals surface area contributed by atoms with Gasteiger partial charge >= 0.3 is 5.97 Å². The third kappa shape index (κ3) is 5.29. The zero-order chi connectivity index (χ0) is 21.7. The van der Waals surface area contributed by atoms with Gasteiger partial charge in [-0.05, 0) is 55.2 Å². The number of hydrogen-bond acceptors (Lipinski definition) is 3. The first kappa shape index (κ1) is 21.6. The summed E-state index contributed by atoms with van der Waals surface area (Å²) >= 11 is 0. The number of aliphatic carboxylic acids is 1. The number of carboxylic acids is 1. The van der Waals surface area contributed by atoms with E-state index in [1.807, 2.05) is 50.3 Å². The number of carbonyl (C=O) groups is 1. The van der Waals surface area contributed by atoms with Crippen molar-refractivity contribution < 1.29 is 14.6 Å². The van der Waals surface area contributed by atoms with Crippen molar-refractivity contribution in [1.29, 1.82) is 0 Å². The maximum absolute atomic E-state index is 11.1. The van der Waals surface area contributed by atoms with Crippen LogP contribution in [0.5, 0.6) is 5.75 Å². The average molecular weight is 407 g/mol. The maximum atomic E-state index is 11.1. The molecule has 5 nitrogen and oxygen atoms in total. The number of ether oxygens (including phenoxy) is 1. The smallest absolute Gasteiger partial charge is 0.304 e. The molecule has 0 spiro atoms. The van der Waals surface area contributed by atoms with E-state index in [9.17, 15) is 4.79 Å². The molecule has 3 aromatic rings.